The van der Waals surface area contributed by atoms with Crippen molar-refractivity contribution in [1.82, 2.24) is 15.5 Å². The van der Waals surface area contributed by atoms with E-state index in [0.29, 0.717) is 50.5 Å². The van der Waals surface area contributed by atoms with Gasteiger partial charge in [0.25, 0.3) is 0 Å². The van der Waals surface area contributed by atoms with E-state index in [4.69, 9.17) is 0 Å². The summed E-state index contributed by atoms with van der Waals surface area (Å²) >= 11 is 0. The molecule has 6 nitrogen and oxygen atoms in total. The van der Waals surface area contributed by atoms with Gasteiger partial charge in [-0.2, -0.15) is 0 Å². The van der Waals surface area contributed by atoms with Crippen molar-refractivity contribution in [2.24, 2.45) is 4.99 Å². The topological polar surface area (TPSA) is 66.0 Å². The lowest BCUT2D eigenvalue weighted by Crippen LogP contribution is -2.39. The van der Waals surface area contributed by atoms with Crippen LogP contribution in [-0.2, 0) is 4.79 Å². The second-order valence-corrected chi connectivity index (χ2v) is 6.76. The molecule has 9 heteroatoms. The summed E-state index contributed by atoms with van der Waals surface area (Å²) in [7, 11) is 0. The van der Waals surface area contributed by atoms with Crippen molar-refractivity contribution in [3.05, 3.63) is 29.8 Å². The van der Waals surface area contributed by atoms with E-state index in [1.54, 1.807) is 17.0 Å². The van der Waals surface area contributed by atoms with E-state index >= 15 is 0 Å². The monoisotopic (exact) mass is 414 g/mol. The molecule has 0 bridgehead atoms. The number of hydrogen-bond donors (Lipinski definition) is 2. The molecule has 2 N–H and O–H groups in total. The quantitative estimate of drug-likeness (QED) is 0.481. The molecular weight excluding hydrogens is 385 g/mol. The summed E-state index contributed by atoms with van der Waals surface area (Å²) in [5.41, 5.74) is 0.523. The zero-order chi connectivity index (χ0) is 21.4. The molecule has 2 atom stereocenters. The summed E-state index contributed by atoms with van der Waals surface area (Å²) in [6, 6.07) is 6.17. The first kappa shape index (κ1) is 22.8. The zero-order valence-electron chi connectivity index (χ0n) is 17.1. The van der Waals surface area contributed by atoms with Gasteiger partial charge in [-0.25, -0.2) is 0 Å². The summed E-state index contributed by atoms with van der Waals surface area (Å²) in [5.74, 6) is 0.356. The first-order valence-corrected chi connectivity index (χ1v) is 9.96. The number of benzene rings is 1. The van der Waals surface area contributed by atoms with Crippen LogP contribution in [-0.4, -0.2) is 55.3 Å². The molecular formula is C20H29F3N4O2. The fourth-order valence-electron chi connectivity index (χ4n) is 3.20. The maximum Gasteiger partial charge on any atom is 0.573 e. The Kier molecular flexibility index (Phi) is 8.16. The number of aliphatic imine (C=N–C) groups is 1. The van der Waals surface area contributed by atoms with E-state index in [-0.39, 0.29) is 23.6 Å². The number of carbonyl (C=O) groups excluding carboxylic acids is 1. The van der Waals surface area contributed by atoms with Crippen LogP contribution >= 0.6 is 0 Å². The molecule has 2 unspecified atom stereocenters. The molecule has 0 aromatic heterocycles. The second-order valence-electron chi connectivity index (χ2n) is 6.76. The van der Waals surface area contributed by atoms with Crippen molar-refractivity contribution in [3.63, 3.8) is 0 Å². The van der Waals surface area contributed by atoms with Crippen molar-refractivity contribution >= 4 is 11.9 Å². The number of nitrogens with zero attached hydrogens (tertiary/aromatic N) is 2. The standard InChI is InChI=1S/C20H29F3N4O2/c1-4-24-19(25-12-11-18(28)27(5-2)6-3)26-16-13-15(16)14-9-7-8-10-17(14)29-20(21,22)23/h7-10,15-16H,4-6,11-13H2,1-3H3,(H2,24,25,26). The van der Waals surface area contributed by atoms with Gasteiger partial charge in [0.15, 0.2) is 5.96 Å². The van der Waals surface area contributed by atoms with Crippen molar-refractivity contribution < 1.29 is 22.7 Å². The molecule has 2 rings (SSSR count). The minimum Gasteiger partial charge on any atom is -0.405 e. The molecule has 0 spiro atoms. The maximum atomic E-state index is 12.6. The minimum atomic E-state index is -4.72. The lowest BCUT2D eigenvalue weighted by molar-refractivity contribution is -0.274. The van der Waals surface area contributed by atoms with Crippen LogP contribution < -0.4 is 15.4 Å². The molecule has 1 aromatic carbocycles. The number of amides is 1. The van der Waals surface area contributed by atoms with Crippen LogP contribution in [0.2, 0.25) is 0 Å². The summed E-state index contributed by atoms with van der Waals surface area (Å²) < 4.78 is 42.0. The van der Waals surface area contributed by atoms with Gasteiger partial charge in [-0.15, -0.1) is 13.2 Å². The number of guanidine groups is 1. The predicted octanol–water partition coefficient (Wildman–Crippen LogP) is 3.25. The number of ether oxygens (including phenoxy) is 1. The third-order valence-corrected chi connectivity index (χ3v) is 4.71. The fourth-order valence-corrected chi connectivity index (χ4v) is 3.20. The molecule has 29 heavy (non-hydrogen) atoms. The van der Waals surface area contributed by atoms with Gasteiger partial charge >= 0.3 is 6.36 Å². The van der Waals surface area contributed by atoms with Gasteiger partial charge in [-0.05, 0) is 38.8 Å². The normalized spacial score (nSPS) is 18.9. The maximum absolute atomic E-state index is 12.6. The number of para-hydroxylation sites is 1. The summed E-state index contributed by atoms with van der Waals surface area (Å²) in [6.45, 7) is 8.11. The van der Waals surface area contributed by atoms with Crippen LogP contribution in [0.25, 0.3) is 0 Å². The van der Waals surface area contributed by atoms with Crippen molar-refractivity contribution in [2.45, 2.75) is 51.9 Å². The second kappa shape index (κ2) is 10.4. The van der Waals surface area contributed by atoms with Gasteiger partial charge in [0, 0.05) is 38.0 Å². The molecule has 1 amide bonds. The first-order chi connectivity index (χ1) is 13.8. The highest BCUT2D eigenvalue weighted by Gasteiger charge is 2.42. The Morgan fingerprint density at radius 2 is 1.93 bits per heavy atom. The van der Waals surface area contributed by atoms with Crippen molar-refractivity contribution in [1.29, 1.82) is 0 Å². The number of alkyl halides is 3. The highest BCUT2D eigenvalue weighted by atomic mass is 19.4. The molecule has 1 aliphatic carbocycles. The Balaban J connectivity index is 1.96. The van der Waals surface area contributed by atoms with E-state index < -0.39 is 6.36 Å². The van der Waals surface area contributed by atoms with Crippen molar-refractivity contribution in [2.75, 3.05) is 26.2 Å². The third-order valence-electron chi connectivity index (χ3n) is 4.71. The molecule has 162 valence electrons. The number of carbonyl (C=O) groups is 1. The zero-order valence-corrected chi connectivity index (χ0v) is 17.1. The summed E-state index contributed by atoms with van der Waals surface area (Å²) in [6.07, 6.45) is -3.72. The Hall–Kier alpha value is -2.45. The Morgan fingerprint density at radius 1 is 1.24 bits per heavy atom. The number of halogens is 3. The fraction of sp³-hybridized carbons (Fsp3) is 0.600. The van der Waals surface area contributed by atoms with Crippen LogP contribution in [0.1, 0.15) is 45.1 Å². The van der Waals surface area contributed by atoms with E-state index in [0.717, 1.165) is 0 Å². The Morgan fingerprint density at radius 3 is 2.55 bits per heavy atom. The van der Waals surface area contributed by atoms with Crippen LogP contribution in [0.15, 0.2) is 29.3 Å². The van der Waals surface area contributed by atoms with Gasteiger partial charge in [-0.3, -0.25) is 9.79 Å². The first-order valence-electron chi connectivity index (χ1n) is 9.96. The Labute approximate surface area is 169 Å². The predicted molar refractivity (Wildman–Crippen MR) is 106 cm³/mol. The average Bonchev–Trinajstić information content (AvgIpc) is 3.41. The largest absolute Gasteiger partial charge is 0.573 e. The number of rotatable bonds is 9. The third kappa shape index (κ3) is 7.14. The molecule has 0 heterocycles. The highest BCUT2D eigenvalue weighted by Crippen LogP contribution is 2.45. The van der Waals surface area contributed by atoms with Gasteiger partial charge in [0.1, 0.15) is 5.75 Å². The molecule has 1 saturated carbocycles. The average molecular weight is 414 g/mol. The lowest BCUT2D eigenvalue weighted by Gasteiger charge is -2.18. The molecule has 1 fully saturated rings. The van der Waals surface area contributed by atoms with Gasteiger partial charge in [-0.1, -0.05) is 18.2 Å². The van der Waals surface area contributed by atoms with Crippen LogP contribution in [0.5, 0.6) is 5.75 Å². The lowest BCUT2D eigenvalue weighted by atomic mass is 10.1. The van der Waals surface area contributed by atoms with Crippen LogP contribution in [0, 0.1) is 0 Å². The Bertz CT molecular complexity index is 705. The minimum absolute atomic E-state index is 0.0377. The van der Waals surface area contributed by atoms with E-state index in [1.165, 1.54) is 12.1 Å². The van der Waals surface area contributed by atoms with E-state index in [1.807, 2.05) is 20.8 Å². The molecule has 0 saturated heterocycles. The van der Waals surface area contributed by atoms with E-state index in [2.05, 4.69) is 20.4 Å². The smallest absolute Gasteiger partial charge is 0.405 e. The van der Waals surface area contributed by atoms with Crippen molar-refractivity contribution in [3.8, 4) is 5.75 Å². The van der Waals surface area contributed by atoms with Gasteiger partial charge < -0.3 is 20.3 Å². The molecule has 0 aliphatic heterocycles. The molecule has 0 radical (unpaired) electrons. The SMILES string of the molecule is CCNC(=NCCC(=O)N(CC)CC)NC1CC1c1ccccc1OC(F)(F)F. The van der Waals surface area contributed by atoms with E-state index in [9.17, 15) is 18.0 Å². The van der Waals surface area contributed by atoms with Gasteiger partial charge in [0.05, 0.1) is 6.54 Å². The number of nitrogens with one attached hydrogen (secondary N) is 2. The van der Waals surface area contributed by atoms with Gasteiger partial charge in [0.2, 0.25) is 5.91 Å². The van der Waals surface area contributed by atoms with Crippen LogP contribution in [0.4, 0.5) is 13.2 Å². The number of hydrogen-bond acceptors (Lipinski definition) is 3. The van der Waals surface area contributed by atoms with Crippen LogP contribution in [0.3, 0.4) is 0 Å². The summed E-state index contributed by atoms with van der Waals surface area (Å²) in [5, 5.41) is 6.35. The highest BCUT2D eigenvalue weighted by molar-refractivity contribution is 5.81. The summed E-state index contributed by atoms with van der Waals surface area (Å²) in [4.78, 5) is 18.3. The molecule has 1 aliphatic rings. The molecule has 1 aromatic rings.